The van der Waals surface area contributed by atoms with E-state index in [9.17, 15) is 4.79 Å². The van der Waals surface area contributed by atoms with Crippen LogP contribution in [0.2, 0.25) is 0 Å². The molecule has 1 fully saturated rings. The van der Waals surface area contributed by atoms with Crippen molar-refractivity contribution in [1.29, 1.82) is 0 Å². The summed E-state index contributed by atoms with van der Waals surface area (Å²) in [6, 6.07) is 5.88. The van der Waals surface area contributed by atoms with E-state index in [0.717, 1.165) is 17.2 Å². The molecular weight excluding hydrogens is 364 g/mol. The van der Waals surface area contributed by atoms with Crippen LogP contribution < -0.4 is 4.90 Å². The summed E-state index contributed by atoms with van der Waals surface area (Å²) < 4.78 is 7.23. The highest BCUT2D eigenvalue weighted by molar-refractivity contribution is 7.08. The Morgan fingerprint density at radius 1 is 1.11 bits per heavy atom. The number of rotatable bonds is 2. The van der Waals surface area contributed by atoms with Gasteiger partial charge in [0.2, 0.25) is 0 Å². The van der Waals surface area contributed by atoms with Gasteiger partial charge >= 0.3 is 6.09 Å². The number of fused-ring (bicyclic) bond motifs is 1. The minimum Gasteiger partial charge on any atom is -0.444 e. The van der Waals surface area contributed by atoms with Gasteiger partial charge in [-0.15, -0.1) is 15.3 Å². The number of carbonyl (C=O) groups is 1. The Morgan fingerprint density at radius 2 is 1.89 bits per heavy atom. The summed E-state index contributed by atoms with van der Waals surface area (Å²) in [7, 11) is 0. The number of carbonyl (C=O) groups excluding carboxylic acids is 1. The van der Waals surface area contributed by atoms with Gasteiger partial charge in [0.25, 0.3) is 0 Å². The SMILES string of the molecule is CC(C)(C)OC(=O)N1CCN(c2ccc3nnc(-c4ccsc4)n3n2)CC1. The maximum Gasteiger partial charge on any atom is 0.410 e. The van der Waals surface area contributed by atoms with Crippen molar-refractivity contribution < 1.29 is 9.53 Å². The van der Waals surface area contributed by atoms with Crippen LogP contribution in [0, 0.1) is 0 Å². The summed E-state index contributed by atoms with van der Waals surface area (Å²) in [5, 5.41) is 17.2. The highest BCUT2D eigenvalue weighted by atomic mass is 32.1. The van der Waals surface area contributed by atoms with Crippen LogP contribution in [0.15, 0.2) is 29.0 Å². The molecule has 0 saturated carbocycles. The largest absolute Gasteiger partial charge is 0.444 e. The molecule has 1 aliphatic rings. The van der Waals surface area contributed by atoms with Crippen LogP contribution in [0.1, 0.15) is 20.8 Å². The first-order valence-electron chi connectivity index (χ1n) is 8.89. The Kier molecular flexibility index (Phi) is 4.47. The molecule has 0 N–H and O–H groups in total. The molecule has 0 bridgehead atoms. The third kappa shape index (κ3) is 3.73. The number of anilines is 1. The zero-order valence-electron chi connectivity index (χ0n) is 15.6. The average molecular weight is 386 g/mol. The van der Waals surface area contributed by atoms with E-state index in [0.29, 0.717) is 31.8 Å². The van der Waals surface area contributed by atoms with Crippen LogP contribution in [0.3, 0.4) is 0 Å². The van der Waals surface area contributed by atoms with Crippen molar-refractivity contribution in [3.63, 3.8) is 0 Å². The molecule has 4 rings (SSSR count). The van der Waals surface area contributed by atoms with Gasteiger partial charge in [-0.25, -0.2) is 4.79 Å². The van der Waals surface area contributed by atoms with Crippen molar-refractivity contribution >= 4 is 28.9 Å². The number of ether oxygens (including phenoxy) is 1. The third-order valence-electron chi connectivity index (χ3n) is 4.28. The second kappa shape index (κ2) is 6.80. The van der Waals surface area contributed by atoms with E-state index in [-0.39, 0.29) is 6.09 Å². The molecule has 3 aromatic heterocycles. The van der Waals surface area contributed by atoms with Crippen LogP contribution in [-0.4, -0.2) is 62.6 Å². The Labute approximate surface area is 161 Å². The lowest BCUT2D eigenvalue weighted by Gasteiger charge is -2.36. The summed E-state index contributed by atoms with van der Waals surface area (Å²) in [6.45, 7) is 8.25. The number of hydrogen-bond donors (Lipinski definition) is 0. The maximum atomic E-state index is 12.2. The minimum atomic E-state index is -0.479. The number of hydrogen-bond acceptors (Lipinski definition) is 7. The molecule has 4 heterocycles. The first-order chi connectivity index (χ1) is 12.9. The molecule has 0 spiro atoms. The molecule has 0 aliphatic carbocycles. The second-order valence-electron chi connectivity index (χ2n) is 7.45. The van der Waals surface area contributed by atoms with E-state index >= 15 is 0 Å². The Balaban J connectivity index is 1.49. The molecule has 0 atom stereocenters. The zero-order valence-corrected chi connectivity index (χ0v) is 16.4. The molecule has 9 heteroatoms. The number of piperazine rings is 1. The zero-order chi connectivity index (χ0) is 19.0. The van der Waals surface area contributed by atoms with Crippen LogP contribution >= 0.6 is 11.3 Å². The Morgan fingerprint density at radius 3 is 2.56 bits per heavy atom. The summed E-state index contributed by atoms with van der Waals surface area (Å²) in [5.41, 5.74) is 1.24. The van der Waals surface area contributed by atoms with Crippen molar-refractivity contribution in [1.82, 2.24) is 24.7 Å². The minimum absolute atomic E-state index is 0.260. The van der Waals surface area contributed by atoms with Crippen molar-refractivity contribution in [2.24, 2.45) is 0 Å². The van der Waals surface area contributed by atoms with Gasteiger partial charge in [-0.1, -0.05) is 0 Å². The first kappa shape index (κ1) is 17.7. The quantitative estimate of drug-likeness (QED) is 0.674. The number of nitrogens with zero attached hydrogens (tertiary/aromatic N) is 6. The standard InChI is InChI=1S/C18H22N6O2S/c1-18(2,3)26-17(25)23-9-7-22(8-10-23)15-5-4-14-19-20-16(24(14)21-15)13-6-11-27-12-13/h4-6,11-12H,7-10H2,1-3H3. The molecule has 1 saturated heterocycles. The van der Waals surface area contributed by atoms with E-state index in [1.807, 2.05) is 49.7 Å². The fraction of sp³-hybridized carbons (Fsp3) is 0.444. The van der Waals surface area contributed by atoms with Gasteiger partial charge in [-0.2, -0.15) is 15.9 Å². The van der Waals surface area contributed by atoms with E-state index in [2.05, 4.69) is 15.1 Å². The van der Waals surface area contributed by atoms with Crippen molar-refractivity contribution in [2.75, 3.05) is 31.1 Å². The monoisotopic (exact) mass is 386 g/mol. The van der Waals surface area contributed by atoms with E-state index in [1.165, 1.54) is 0 Å². The van der Waals surface area contributed by atoms with Crippen molar-refractivity contribution in [3.8, 4) is 11.4 Å². The lowest BCUT2D eigenvalue weighted by atomic mass is 10.2. The van der Waals surface area contributed by atoms with Gasteiger partial charge in [-0.3, -0.25) is 0 Å². The fourth-order valence-electron chi connectivity index (χ4n) is 2.96. The third-order valence-corrected chi connectivity index (χ3v) is 4.97. The van der Waals surface area contributed by atoms with Gasteiger partial charge in [-0.05, 0) is 44.4 Å². The van der Waals surface area contributed by atoms with Gasteiger partial charge in [0.15, 0.2) is 11.5 Å². The molecular formula is C18H22N6O2S. The number of amides is 1. The van der Waals surface area contributed by atoms with Gasteiger partial charge in [0.1, 0.15) is 11.4 Å². The molecule has 3 aromatic rings. The highest BCUT2D eigenvalue weighted by Gasteiger charge is 2.26. The van der Waals surface area contributed by atoms with E-state index < -0.39 is 5.60 Å². The molecule has 0 unspecified atom stereocenters. The lowest BCUT2D eigenvalue weighted by Crippen LogP contribution is -2.50. The summed E-state index contributed by atoms with van der Waals surface area (Å²) >= 11 is 1.62. The normalized spacial score (nSPS) is 15.4. The van der Waals surface area contributed by atoms with Crippen LogP contribution in [0.5, 0.6) is 0 Å². The van der Waals surface area contributed by atoms with Crippen LogP contribution in [0.4, 0.5) is 10.6 Å². The molecule has 27 heavy (non-hydrogen) atoms. The van der Waals surface area contributed by atoms with Gasteiger partial charge in [0.05, 0.1) is 0 Å². The maximum absolute atomic E-state index is 12.2. The average Bonchev–Trinajstić information content (AvgIpc) is 3.29. The lowest BCUT2D eigenvalue weighted by molar-refractivity contribution is 0.0240. The molecule has 1 amide bonds. The van der Waals surface area contributed by atoms with Crippen LogP contribution in [0.25, 0.3) is 17.0 Å². The number of aromatic nitrogens is 4. The summed E-state index contributed by atoms with van der Waals surface area (Å²) in [6.07, 6.45) is -0.260. The predicted octanol–water partition coefficient (Wildman–Crippen LogP) is 2.91. The first-order valence-corrected chi connectivity index (χ1v) is 9.83. The van der Waals surface area contributed by atoms with E-state index in [1.54, 1.807) is 20.8 Å². The molecule has 8 nitrogen and oxygen atoms in total. The van der Waals surface area contributed by atoms with Crippen LogP contribution in [-0.2, 0) is 4.74 Å². The topological polar surface area (TPSA) is 75.9 Å². The molecule has 0 aromatic carbocycles. The van der Waals surface area contributed by atoms with E-state index in [4.69, 9.17) is 9.84 Å². The highest BCUT2D eigenvalue weighted by Crippen LogP contribution is 2.22. The second-order valence-corrected chi connectivity index (χ2v) is 8.23. The number of thiophene rings is 1. The van der Waals surface area contributed by atoms with Gasteiger partial charge in [0, 0.05) is 37.1 Å². The smallest absolute Gasteiger partial charge is 0.410 e. The molecule has 142 valence electrons. The summed E-state index contributed by atoms with van der Waals surface area (Å²) in [4.78, 5) is 16.1. The Bertz CT molecular complexity index is 939. The van der Waals surface area contributed by atoms with Gasteiger partial charge < -0.3 is 14.5 Å². The van der Waals surface area contributed by atoms with Crippen molar-refractivity contribution in [2.45, 2.75) is 26.4 Å². The fourth-order valence-corrected chi connectivity index (χ4v) is 3.60. The summed E-state index contributed by atoms with van der Waals surface area (Å²) in [5.74, 6) is 1.59. The Hall–Kier alpha value is -2.68. The predicted molar refractivity (Wildman–Crippen MR) is 104 cm³/mol. The molecule has 1 aliphatic heterocycles. The molecule has 0 radical (unpaired) electrons. The van der Waals surface area contributed by atoms with Crippen molar-refractivity contribution in [3.05, 3.63) is 29.0 Å².